The Morgan fingerprint density at radius 1 is 0.444 bits per heavy atom. The first-order chi connectivity index (χ1) is 12.3. The Balaban J connectivity index is 1.92. The Labute approximate surface area is 166 Å². The zero-order chi connectivity index (χ0) is 19.9. The molecule has 0 radical (unpaired) electrons. The molecule has 0 fully saturated rings. The van der Waals surface area contributed by atoms with Gasteiger partial charge in [-0.25, -0.2) is 0 Å². The molecule has 0 aromatic heterocycles. The Morgan fingerprint density at radius 3 is 0.852 bits per heavy atom. The summed E-state index contributed by atoms with van der Waals surface area (Å²) in [5.74, 6) is 0. The average molecular weight is 361 g/mol. The van der Waals surface area contributed by atoms with Gasteiger partial charge in [0.15, 0.2) is 0 Å². The number of fused-ring (bicyclic) bond motifs is 6. The summed E-state index contributed by atoms with van der Waals surface area (Å²) >= 11 is 0. The van der Waals surface area contributed by atoms with Gasteiger partial charge in [-0.15, -0.1) is 0 Å². The fraction of sp³-hybridized carbons (Fsp3) is 0.556. The molecule has 0 aliphatic heterocycles. The third kappa shape index (κ3) is 2.96. The maximum Gasteiger partial charge on any atom is -0.00464 e. The maximum atomic E-state index is 2.54. The van der Waals surface area contributed by atoms with E-state index < -0.39 is 0 Å². The van der Waals surface area contributed by atoms with E-state index in [1.165, 1.54) is 0 Å². The summed E-state index contributed by atoms with van der Waals surface area (Å²) in [5.41, 5.74) is 15.0. The minimum absolute atomic E-state index is 0.243. The normalized spacial score (nSPS) is 18.8. The lowest BCUT2D eigenvalue weighted by Crippen LogP contribution is -2.09. The van der Waals surface area contributed by atoms with Crippen LogP contribution in [0.4, 0.5) is 0 Å². The largest absolute Gasteiger partial charge is 0.0598 e. The van der Waals surface area contributed by atoms with Crippen molar-refractivity contribution in [2.45, 2.75) is 81.6 Å². The molecule has 0 nitrogen and oxygen atoms in total. The first-order valence-electron chi connectivity index (χ1n) is 10.6. The lowest BCUT2D eigenvalue weighted by Gasteiger charge is -2.20. The summed E-state index contributed by atoms with van der Waals surface area (Å²) in [4.78, 5) is 0. The second-order valence-corrected chi connectivity index (χ2v) is 12.0. The van der Waals surface area contributed by atoms with Crippen LogP contribution in [-0.4, -0.2) is 0 Å². The van der Waals surface area contributed by atoms with Gasteiger partial charge < -0.3 is 0 Å². The molecule has 0 heterocycles. The molecule has 0 atom stereocenters. The summed E-state index contributed by atoms with van der Waals surface area (Å²) in [6.45, 7) is 21.3. The molecule has 0 N–H and O–H groups in total. The second-order valence-electron chi connectivity index (χ2n) is 12.0. The molecule has 0 amide bonds. The molecule has 0 saturated carbocycles. The predicted molar refractivity (Wildman–Crippen MR) is 120 cm³/mol. The van der Waals surface area contributed by atoms with Gasteiger partial charge in [0.05, 0.1) is 0 Å². The number of hydrogen-bond donors (Lipinski definition) is 0. The predicted octanol–water partition coefficient (Wildman–Crippen LogP) is 7.64. The van der Waals surface area contributed by atoms with Crippen LogP contribution in [0.3, 0.4) is 0 Å². The molecule has 27 heavy (non-hydrogen) atoms. The van der Waals surface area contributed by atoms with Gasteiger partial charge in [-0.3, -0.25) is 0 Å². The highest BCUT2D eigenvalue weighted by Crippen LogP contribution is 2.50. The summed E-state index contributed by atoms with van der Waals surface area (Å²) in [5, 5.41) is 0. The Kier molecular flexibility index (Phi) is 3.82. The molecule has 3 aliphatic carbocycles. The van der Waals surface area contributed by atoms with E-state index in [1.54, 1.807) is 50.1 Å². The molecule has 4 rings (SSSR count). The van der Waals surface area contributed by atoms with E-state index in [1.807, 2.05) is 0 Å². The smallest absolute Gasteiger partial charge is 0.00464 e. The minimum Gasteiger partial charge on any atom is -0.0598 e. The number of allylic oxidation sites excluding steroid dienone is 3. The first kappa shape index (κ1) is 18.8. The van der Waals surface area contributed by atoms with Crippen LogP contribution in [0, 0.1) is 16.2 Å². The highest BCUT2D eigenvalue weighted by molar-refractivity contribution is 5.86. The van der Waals surface area contributed by atoms with E-state index in [2.05, 4.69) is 80.5 Å². The monoisotopic (exact) mass is 360 g/mol. The topological polar surface area (TPSA) is 0 Å². The first-order valence-corrected chi connectivity index (χ1v) is 10.6. The maximum absolute atomic E-state index is 2.54. The van der Waals surface area contributed by atoms with E-state index >= 15 is 0 Å². The van der Waals surface area contributed by atoms with E-state index in [-0.39, 0.29) is 16.2 Å². The molecule has 144 valence electrons. The zero-order valence-corrected chi connectivity index (χ0v) is 18.9. The minimum atomic E-state index is 0.243. The van der Waals surface area contributed by atoms with Crippen LogP contribution in [-0.2, 0) is 19.3 Å². The molecular formula is C27H36. The summed E-state index contributed by atoms with van der Waals surface area (Å²) in [6.07, 6.45) is 11.0. The molecule has 3 aliphatic rings. The molecule has 0 heteroatoms. The van der Waals surface area contributed by atoms with Crippen LogP contribution in [0.1, 0.15) is 95.7 Å². The van der Waals surface area contributed by atoms with Gasteiger partial charge >= 0.3 is 0 Å². The number of rotatable bonds is 0. The molecule has 1 aromatic rings. The summed E-state index contributed by atoms with van der Waals surface area (Å²) in [6, 6.07) is 0. The Morgan fingerprint density at radius 2 is 0.667 bits per heavy atom. The highest BCUT2D eigenvalue weighted by Gasteiger charge is 2.36. The van der Waals surface area contributed by atoms with Crippen molar-refractivity contribution in [3.8, 4) is 0 Å². The Hall–Kier alpha value is -1.56. The van der Waals surface area contributed by atoms with E-state index in [9.17, 15) is 0 Å². The van der Waals surface area contributed by atoms with Crippen molar-refractivity contribution in [1.82, 2.24) is 0 Å². The van der Waals surface area contributed by atoms with Gasteiger partial charge in [0, 0.05) is 0 Å². The van der Waals surface area contributed by atoms with E-state index in [4.69, 9.17) is 0 Å². The highest BCUT2D eigenvalue weighted by atomic mass is 14.4. The lowest BCUT2D eigenvalue weighted by molar-refractivity contribution is 0.498. The van der Waals surface area contributed by atoms with Crippen LogP contribution >= 0.6 is 0 Å². The van der Waals surface area contributed by atoms with E-state index in [0.29, 0.717) is 0 Å². The van der Waals surface area contributed by atoms with Crippen LogP contribution < -0.4 is 0 Å². The van der Waals surface area contributed by atoms with Crippen LogP contribution in [0.25, 0.3) is 18.2 Å². The summed E-state index contributed by atoms with van der Waals surface area (Å²) < 4.78 is 0. The van der Waals surface area contributed by atoms with Crippen molar-refractivity contribution < 1.29 is 0 Å². The Bertz CT molecular complexity index is 777. The van der Waals surface area contributed by atoms with Gasteiger partial charge in [-0.05, 0) is 68.9 Å². The number of hydrogen-bond acceptors (Lipinski definition) is 0. The third-order valence-electron chi connectivity index (χ3n) is 6.90. The fourth-order valence-corrected chi connectivity index (χ4v) is 4.77. The van der Waals surface area contributed by atoms with Gasteiger partial charge in [0.25, 0.3) is 0 Å². The lowest BCUT2D eigenvalue weighted by atomic mass is 9.84. The molecule has 0 unspecified atom stereocenters. The molecule has 1 aromatic carbocycles. The van der Waals surface area contributed by atoms with Gasteiger partial charge in [0.1, 0.15) is 0 Å². The second kappa shape index (κ2) is 5.49. The standard InChI is InChI=1S/C27H36/c1-25(2,3)16-10-19-20(11-16)22-13-18(27(7,8)9)15-24(22)23-14-17(12-21(19)23)26(4,5)6/h10,13-14H,11-12,15H2,1-9H3. The van der Waals surface area contributed by atoms with Crippen molar-refractivity contribution in [2.75, 3.05) is 0 Å². The van der Waals surface area contributed by atoms with Crippen molar-refractivity contribution >= 4 is 18.2 Å². The van der Waals surface area contributed by atoms with E-state index in [0.717, 1.165) is 19.3 Å². The molecular weight excluding hydrogens is 324 g/mol. The molecule has 0 bridgehead atoms. The van der Waals surface area contributed by atoms with Crippen LogP contribution in [0.5, 0.6) is 0 Å². The van der Waals surface area contributed by atoms with Crippen molar-refractivity contribution in [3.05, 3.63) is 50.1 Å². The van der Waals surface area contributed by atoms with Crippen molar-refractivity contribution in [3.63, 3.8) is 0 Å². The SMILES string of the molecule is CC(C)(C)C1=Cc2c3c(c4c(c2C1)C=C(C(C)(C)C)C4)C=C(C(C)(C)C)C3. The van der Waals surface area contributed by atoms with Crippen LogP contribution in [0.2, 0.25) is 0 Å². The van der Waals surface area contributed by atoms with Gasteiger partial charge in [-0.1, -0.05) is 97.3 Å². The molecule has 0 saturated heterocycles. The average Bonchev–Trinajstić information content (AvgIpc) is 3.19. The quantitative estimate of drug-likeness (QED) is 0.446. The number of benzene rings is 1. The fourth-order valence-electron chi connectivity index (χ4n) is 4.77. The van der Waals surface area contributed by atoms with Gasteiger partial charge in [-0.2, -0.15) is 0 Å². The molecule has 0 spiro atoms. The van der Waals surface area contributed by atoms with Gasteiger partial charge in [0.2, 0.25) is 0 Å². The summed E-state index contributed by atoms with van der Waals surface area (Å²) in [7, 11) is 0. The van der Waals surface area contributed by atoms with Crippen LogP contribution in [0.15, 0.2) is 16.7 Å². The van der Waals surface area contributed by atoms with Crippen molar-refractivity contribution in [2.24, 2.45) is 16.2 Å². The third-order valence-corrected chi connectivity index (χ3v) is 6.90. The van der Waals surface area contributed by atoms with Crippen molar-refractivity contribution in [1.29, 1.82) is 0 Å². The zero-order valence-electron chi connectivity index (χ0n) is 18.9.